The highest BCUT2D eigenvalue weighted by atomic mass is 32.1. The molecular formula is C17H21N3OS. The van der Waals surface area contributed by atoms with E-state index < -0.39 is 0 Å². The van der Waals surface area contributed by atoms with Crippen molar-refractivity contribution in [2.24, 2.45) is 16.8 Å². The van der Waals surface area contributed by atoms with Gasteiger partial charge in [0.1, 0.15) is 10.8 Å². The average molecular weight is 315 g/mol. The maximum atomic E-state index is 5.99. The van der Waals surface area contributed by atoms with Gasteiger partial charge < -0.3 is 10.6 Å². The van der Waals surface area contributed by atoms with Crippen molar-refractivity contribution >= 4 is 17.2 Å². The van der Waals surface area contributed by atoms with Crippen molar-refractivity contribution in [1.82, 2.24) is 4.98 Å². The fourth-order valence-corrected chi connectivity index (χ4v) is 3.70. The molecule has 2 aromatic rings. The second-order valence-corrected chi connectivity index (χ2v) is 6.75. The Morgan fingerprint density at radius 2 is 2.05 bits per heavy atom. The van der Waals surface area contributed by atoms with E-state index in [1.807, 2.05) is 25.1 Å². The van der Waals surface area contributed by atoms with Gasteiger partial charge in [0, 0.05) is 11.5 Å². The van der Waals surface area contributed by atoms with Gasteiger partial charge in [-0.2, -0.15) is 0 Å². The van der Waals surface area contributed by atoms with Crippen LogP contribution in [0.5, 0.6) is 0 Å². The predicted molar refractivity (Wildman–Crippen MR) is 90.7 cm³/mol. The highest BCUT2D eigenvalue weighted by Crippen LogP contribution is 2.28. The number of aryl methyl sites for hydroxylation is 1. The number of hydrogen-bond acceptors (Lipinski definition) is 4. The lowest BCUT2D eigenvalue weighted by Crippen LogP contribution is -2.21. The second kappa shape index (κ2) is 6.92. The summed E-state index contributed by atoms with van der Waals surface area (Å²) in [5.74, 6) is 1.05. The summed E-state index contributed by atoms with van der Waals surface area (Å²) in [6, 6.07) is 10.2. The molecule has 0 aliphatic heterocycles. The smallest absolute Gasteiger partial charge is 0.153 e. The number of oxime groups is 1. The summed E-state index contributed by atoms with van der Waals surface area (Å²) in [5.41, 5.74) is 8.12. The minimum absolute atomic E-state index is 0.405. The maximum Gasteiger partial charge on any atom is 0.153 e. The van der Waals surface area contributed by atoms with Gasteiger partial charge in [0.15, 0.2) is 6.61 Å². The van der Waals surface area contributed by atoms with Gasteiger partial charge in [0.25, 0.3) is 0 Å². The average Bonchev–Trinajstić information content (AvgIpc) is 3.18. The second-order valence-electron chi connectivity index (χ2n) is 5.66. The zero-order valence-electron chi connectivity index (χ0n) is 12.8. The number of amidine groups is 1. The zero-order chi connectivity index (χ0) is 15.4. The predicted octanol–water partition coefficient (Wildman–Crippen LogP) is 4.10. The third-order valence-electron chi connectivity index (χ3n) is 4.05. The lowest BCUT2D eigenvalue weighted by atomic mass is 10.1. The third kappa shape index (κ3) is 3.47. The molecule has 1 aromatic carbocycles. The van der Waals surface area contributed by atoms with E-state index in [0.717, 1.165) is 34.0 Å². The van der Waals surface area contributed by atoms with Crippen molar-refractivity contribution < 1.29 is 4.84 Å². The summed E-state index contributed by atoms with van der Waals surface area (Å²) in [7, 11) is 0. The van der Waals surface area contributed by atoms with E-state index in [-0.39, 0.29) is 0 Å². The lowest BCUT2D eigenvalue weighted by Gasteiger charge is -2.07. The van der Waals surface area contributed by atoms with Gasteiger partial charge >= 0.3 is 0 Å². The number of thiazole rings is 1. The van der Waals surface area contributed by atoms with Gasteiger partial charge in [0.2, 0.25) is 0 Å². The van der Waals surface area contributed by atoms with Crippen LogP contribution in [-0.4, -0.2) is 10.8 Å². The number of nitrogens with two attached hydrogens (primary N) is 1. The summed E-state index contributed by atoms with van der Waals surface area (Å²) in [6.45, 7) is 2.44. The first-order valence-electron chi connectivity index (χ1n) is 7.71. The van der Waals surface area contributed by atoms with Crippen molar-refractivity contribution in [3.63, 3.8) is 0 Å². The maximum absolute atomic E-state index is 5.99. The van der Waals surface area contributed by atoms with Crippen LogP contribution in [0.3, 0.4) is 0 Å². The van der Waals surface area contributed by atoms with Gasteiger partial charge in [-0.1, -0.05) is 48.3 Å². The summed E-state index contributed by atoms with van der Waals surface area (Å²) in [4.78, 5) is 11.2. The van der Waals surface area contributed by atoms with E-state index >= 15 is 0 Å². The number of hydrogen-bond donors (Lipinski definition) is 1. The summed E-state index contributed by atoms with van der Waals surface area (Å²) in [6.07, 6.45) is 4.76. The van der Waals surface area contributed by atoms with Gasteiger partial charge in [-0.05, 0) is 19.8 Å². The largest absolute Gasteiger partial charge is 0.389 e. The monoisotopic (exact) mass is 315 g/mol. The minimum Gasteiger partial charge on any atom is -0.389 e. The van der Waals surface area contributed by atoms with Crippen LogP contribution in [0.4, 0.5) is 0 Å². The molecule has 0 radical (unpaired) electrons. The topological polar surface area (TPSA) is 60.5 Å². The van der Waals surface area contributed by atoms with Crippen LogP contribution in [0.2, 0.25) is 0 Å². The van der Waals surface area contributed by atoms with Gasteiger partial charge in [-0.3, -0.25) is 0 Å². The first kappa shape index (κ1) is 15.0. The zero-order valence-corrected chi connectivity index (χ0v) is 13.6. The molecule has 0 unspecified atom stereocenters. The van der Waals surface area contributed by atoms with Crippen LogP contribution in [0.25, 0.3) is 10.6 Å². The molecule has 116 valence electrons. The number of aromatic nitrogens is 1. The Morgan fingerprint density at radius 1 is 1.32 bits per heavy atom. The minimum atomic E-state index is 0.405. The summed E-state index contributed by atoms with van der Waals surface area (Å²) in [5, 5.41) is 5.12. The van der Waals surface area contributed by atoms with Gasteiger partial charge in [-0.25, -0.2) is 4.98 Å². The number of benzene rings is 1. The van der Waals surface area contributed by atoms with Crippen molar-refractivity contribution in [1.29, 1.82) is 0 Å². The normalized spacial score (nSPS) is 16.1. The highest BCUT2D eigenvalue weighted by Gasteiger charge is 2.19. The molecule has 0 bridgehead atoms. The van der Waals surface area contributed by atoms with Crippen molar-refractivity contribution in [3.05, 3.63) is 40.9 Å². The first-order chi connectivity index (χ1) is 10.7. The molecule has 3 rings (SSSR count). The Balaban J connectivity index is 1.63. The molecule has 0 saturated heterocycles. The highest BCUT2D eigenvalue weighted by molar-refractivity contribution is 7.15. The standard InChI is InChI=1S/C17H21N3OS/c1-12-15(11-21-20-16(18)13-7-5-6-8-13)22-17(19-12)14-9-3-2-4-10-14/h2-4,9-10,13H,5-8,11H2,1H3,(H2,18,20). The van der Waals surface area contributed by atoms with E-state index in [9.17, 15) is 0 Å². The molecule has 1 fully saturated rings. The molecule has 1 aliphatic carbocycles. The Kier molecular flexibility index (Phi) is 4.73. The van der Waals surface area contributed by atoms with E-state index in [0.29, 0.717) is 18.4 Å². The molecule has 1 aromatic heterocycles. The Hall–Kier alpha value is -1.88. The van der Waals surface area contributed by atoms with Crippen molar-refractivity contribution in [2.75, 3.05) is 0 Å². The molecule has 1 heterocycles. The SMILES string of the molecule is Cc1nc(-c2ccccc2)sc1CO/N=C(/N)C1CCCC1. The quantitative estimate of drug-likeness (QED) is 0.513. The fraction of sp³-hybridized carbons (Fsp3) is 0.412. The summed E-state index contributed by atoms with van der Waals surface area (Å²) < 4.78 is 0. The van der Waals surface area contributed by atoms with Crippen LogP contribution >= 0.6 is 11.3 Å². The Bertz CT molecular complexity index is 645. The number of rotatable bonds is 5. The Morgan fingerprint density at radius 3 is 2.77 bits per heavy atom. The molecule has 5 heteroatoms. The van der Waals surface area contributed by atoms with Crippen molar-refractivity contribution in [2.45, 2.75) is 39.2 Å². The number of nitrogens with zero attached hydrogens (tertiary/aromatic N) is 2. The van der Waals surface area contributed by atoms with E-state index in [1.165, 1.54) is 12.8 Å². The van der Waals surface area contributed by atoms with Gasteiger partial charge in [-0.15, -0.1) is 11.3 Å². The lowest BCUT2D eigenvalue weighted by molar-refractivity contribution is 0.130. The Labute approximate surface area is 135 Å². The van der Waals surface area contributed by atoms with E-state index in [4.69, 9.17) is 10.6 Å². The molecule has 0 spiro atoms. The van der Waals surface area contributed by atoms with Crippen LogP contribution in [0.1, 0.15) is 36.3 Å². The van der Waals surface area contributed by atoms with Crippen LogP contribution in [-0.2, 0) is 11.4 Å². The van der Waals surface area contributed by atoms with E-state index in [2.05, 4.69) is 22.3 Å². The molecule has 0 atom stereocenters. The van der Waals surface area contributed by atoms with Crippen LogP contribution in [0, 0.1) is 12.8 Å². The molecule has 1 saturated carbocycles. The molecule has 1 aliphatic rings. The van der Waals surface area contributed by atoms with Crippen LogP contribution < -0.4 is 5.73 Å². The summed E-state index contributed by atoms with van der Waals surface area (Å²) >= 11 is 1.65. The molecule has 22 heavy (non-hydrogen) atoms. The molecule has 2 N–H and O–H groups in total. The first-order valence-corrected chi connectivity index (χ1v) is 8.52. The third-order valence-corrected chi connectivity index (χ3v) is 5.23. The molecular weight excluding hydrogens is 294 g/mol. The molecule has 4 nitrogen and oxygen atoms in total. The van der Waals surface area contributed by atoms with Crippen LogP contribution in [0.15, 0.2) is 35.5 Å². The van der Waals surface area contributed by atoms with Gasteiger partial charge in [0.05, 0.1) is 10.6 Å². The molecule has 0 amide bonds. The van der Waals surface area contributed by atoms with Crippen molar-refractivity contribution in [3.8, 4) is 10.6 Å². The van der Waals surface area contributed by atoms with E-state index in [1.54, 1.807) is 11.3 Å². The fourth-order valence-electron chi connectivity index (χ4n) is 2.73.